The monoisotopic (exact) mass is 439 g/mol. The number of carboxylic acid groups (broad SMARTS) is 1. The van der Waals surface area contributed by atoms with Crippen LogP contribution in [0.1, 0.15) is 69.3 Å². The smallest absolute Gasteiger partial charge is 0.407 e. The van der Waals surface area contributed by atoms with E-state index in [1.807, 2.05) is 32.9 Å². The maximum absolute atomic E-state index is 12.2. The van der Waals surface area contributed by atoms with E-state index in [4.69, 9.17) is 0 Å². The molecule has 1 aromatic heterocycles. The summed E-state index contributed by atoms with van der Waals surface area (Å²) in [5.41, 5.74) is 2.44. The highest BCUT2D eigenvalue weighted by Crippen LogP contribution is 2.38. The van der Waals surface area contributed by atoms with Crippen LogP contribution in [0.2, 0.25) is 0 Å². The van der Waals surface area contributed by atoms with Crippen LogP contribution in [0.15, 0.2) is 48.7 Å². The molecule has 0 spiro atoms. The van der Waals surface area contributed by atoms with Gasteiger partial charge in [-0.25, -0.2) is 4.79 Å². The summed E-state index contributed by atoms with van der Waals surface area (Å²) in [5, 5.41) is 19.5. The summed E-state index contributed by atoms with van der Waals surface area (Å²) in [5.74, 6) is 0. The van der Waals surface area contributed by atoms with E-state index >= 15 is 0 Å². The van der Waals surface area contributed by atoms with Crippen LogP contribution < -0.4 is 0 Å². The van der Waals surface area contributed by atoms with Gasteiger partial charge in [0.25, 0.3) is 0 Å². The van der Waals surface area contributed by atoms with E-state index in [-0.39, 0.29) is 18.1 Å². The SMILES string of the molecule is CC(C)(C)C(c1cc(CO)ccn1)N(CCCCN(Cc1ccccc1)C1CC1)C(=O)O. The minimum Gasteiger partial charge on any atom is -0.465 e. The van der Waals surface area contributed by atoms with Crippen molar-refractivity contribution in [1.82, 2.24) is 14.8 Å². The second-order valence-electron chi connectivity index (χ2n) is 9.89. The Bertz CT molecular complexity index is 862. The minimum atomic E-state index is -0.926. The van der Waals surface area contributed by atoms with Gasteiger partial charge in [0.15, 0.2) is 0 Å². The Balaban J connectivity index is 1.63. The van der Waals surface area contributed by atoms with Crippen LogP contribution in [0.3, 0.4) is 0 Å². The third kappa shape index (κ3) is 6.78. The normalized spacial score (nSPS) is 15.0. The van der Waals surface area contributed by atoms with Gasteiger partial charge in [-0.1, -0.05) is 51.1 Å². The first-order valence-electron chi connectivity index (χ1n) is 11.6. The number of hydrogen-bond acceptors (Lipinski definition) is 4. The van der Waals surface area contributed by atoms with Gasteiger partial charge in [-0.3, -0.25) is 14.8 Å². The lowest BCUT2D eigenvalue weighted by Crippen LogP contribution is -2.41. The van der Waals surface area contributed by atoms with E-state index in [1.165, 1.54) is 23.3 Å². The highest BCUT2D eigenvalue weighted by Gasteiger charge is 2.36. The summed E-state index contributed by atoms with van der Waals surface area (Å²) in [6, 6.07) is 14.4. The van der Waals surface area contributed by atoms with Crippen molar-refractivity contribution in [3.8, 4) is 0 Å². The van der Waals surface area contributed by atoms with Crippen LogP contribution in [0.25, 0.3) is 0 Å². The Kier molecular flexibility index (Phi) is 8.26. The highest BCUT2D eigenvalue weighted by molar-refractivity contribution is 5.65. The first-order chi connectivity index (χ1) is 15.3. The molecule has 0 bridgehead atoms. The van der Waals surface area contributed by atoms with Gasteiger partial charge in [0.1, 0.15) is 0 Å². The van der Waals surface area contributed by atoms with Gasteiger partial charge in [-0.05, 0) is 60.9 Å². The number of aliphatic hydroxyl groups is 1. The number of benzene rings is 1. The van der Waals surface area contributed by atoms with Gasteiger partial charge in [0, 0.05) is 25.3 Å². The quantitative estimate of drug-likeness (QED) is 0.477. The molecule has 6 heteroatoms. The average molecular weight is 440 g/mol. The Morgan fingerprint density at radius 3 is 2.38 bits per heavy atom. The summed E-state index contributed by atoms with van der Waals surface area (Å²) in [4.78, 5) is 20.8. The lowest BCUT2D eigenvalue weighted by molar-refractivity contribution is 0.0776. The number of amides is 1. The molecule has 3 rings (SSSR count). The molecule has 1 atom stereocenters. The number of aromatic nitrogens is 1. The molecule has 2 N–H and O–H groups in total. The van der Waals surface area contributed by atoms with Crippen molar-refractivity contribution in [1.29, 1.82) is 0 Å². The minimum absolute atomic E-state index is 0.0854. The van der Waals surface area contributed by atoms with Gasteiger partial charge in [0.05, 0.1) is 18.3 Å². The zero-order chi connectivity index (χ0) is 23.1. The second kappa shape index (κ2) is 10.9. The first kappa shape index (κ1) is 24.2. The maximum Gasteiger partial charge on any atom is 0.407 e. The topological polar surface area (TPSA) is 76.9 Å². The molecular formula is C26H37N3O3. The predicted octanol–water partition coefficient (Wildman–Crippen LogP) is 5.09. The Hall–Kier alpha value is -2.44. The van der Waals surface area contributed by atoms with E-state index < -0.39 is 6.09 Å². The van der Waals surface area contributed by atoms with Crippen molar-refractivity contribution < 1.29 is 15.0 Å². The third-order valence-corrected chi connectivity index (χ3v) is 6.07. The van der Waals surface area contributed by atoms with Crippen molar-refractivity contribution in [2.75, 3.05) is 13.1 Å². The third-order valence-electron chi connectivity index (χ3n) is 6.07. The highest BCUT2D eigenvalue weighted by atomic mass is 16.4. The summed E-state index contributed by atoms with van der Waals surface area (Å²) in [6.07, 6.45) is 4.99. The van der Waals surface area contributed by atoms with E-state index in [2.05, 4.69) is 34.1 Å². The number of unbranched alkanes of at least 4 members (excludes halogenated alkanes) is 1. The molecule has 1 unspecified atom stereocenters. The van der Waals surface area contributed by atoms with E-state index in [9.17, 15) is 15.0 Å². The van der Waals surface area contributed by atoms with Crippen LogP contribution in [0, 0.1) is 5.41 Å². The molecule has 1 amide bonds. The molecule has 0 radical (unpaired) electrons. The molecule has 32 heavy (non-hydrogen) atoms. The fourth-order valence-corrected chi connectivity index (χ4v) is 4.39. The van der Waals surface area contributed by atoms with E-state index in [0.29, 0.717) is 18.3 Å². The largest absolute Gasteiger partial charge is 0.465 e. The summed E-state index contributed by atoms with van der Waals surface area (Å²) < 4.78 is 0. The van der Waals surface area contributed by atoms with Crippen LogP contribution in [-0.2, 0) is 13.2 Å². The predicted molar refractivity (Wildman–Crippen MR) is 126 cm³/mol. The first-order valence-corrected chi connectivity index (χ1v) is 11.6. The van der Waals surface area contributed by atoms with Crippen molar-refractivity contribution in [3.05, 3.63) is 65.5 Å². The standard InChI is InChI=1S/C26H37N3O3/c1-26(2,3)24(23-17-21(19-30)13-14-27-23)29(25(31)32)16-8-7-15-28(22-11-12-22)18-20-9-5-4-6-10-20/h4-6,9-10,13-14,17,22,24,30H,7-8,11-12,15-16,18-19H2,1-3H3,(H,31,32). The summed E-state index contributed by atoms with van der Waals surface area (Å²) in [6.45, 7) is 8.42. The average Bonchev–Trinajstić information content (AvgIpc) is 3.60. The number of nitrogens with zero attached hydrogens (tertiary/aromatic N) is 3. The summed E-state index contributed by atoms with van der Waals surface area (Å²) >= 11 is 0. The number of pyridine rings is 1. The number of rotatable bonds is 11. The molecule has 0 aliphatic heterocycles. The van der Waals surface area contributed by atoms with Gasteiger partial charge < -0.3 is 10.2 Å². The number of hydrogen-bond donors (Lipinski definition) is 2. The molecule has 1 aliphatic carbocycles. The molecule has 1 aliphatic rings. The van der Waals surface area contributed by atoms with Gasteiger partial charge in [0.2, 0.25) is 0 Å². The molecule has 2 aromatic rings. The molecule has 174 valence electrons. The van der Waals surface area contributed by atoms with Gasteiger partial charge in [-0.15, -0.1) is 0 Å². The zero-order valence-corrected chi connectivity index (χ0v) is 19.6. The fourth-order valence-electron chi connectivity index (χ4n) is 4.39. The lowest BCUT2D eigenvalue weighted by Gasteiger charge is -2.38. The van der Waals surface area contributed by atoms with Gasteiger partial charge >= 0.3 is 6.09 Å². The second-order valence-corrected chi connectivity index (χ2v) is 9.89. The molecule has 6 nitrogen and oxygen atoms in total. The zero-order valence-electron chi connectivity index (χ0n) is 19.6. The molecule has 0 saturated heterocycles. The van der Waals surface area contributed by atoms with E-state index in [1.54, 1.807) is 12.3 Å². The maximum atomic E-state index is 12.2. The van der Waals surface area contributed by atoms with Crippen LogP contribution in [0.4, 0.5) is 4.79 Å². The van der Waals surface area contributed by atoms with Crippen LogP contribution in [-0.4, -0.2) is 50.2 Å². The molecule has 1 fully saturated rings. The Labute approximate surface area is 191 Å². The van der Waals surface area contributed by atoms with E-state index in [0.717, 1.165) is 31.5 Å². The Morgan fingerprint density at radius 2 is 1.78 bits per heavy atom. The van der Waals surface area contributed by atoms with Crippen molar-refractivity contribution in [3.63, 3.8) is 0 Å². The molecule has 1 heterocycles. The van der Waals surface area contributed by atoms with Crippen molar-refractivity contribution in [2.45, 2.75) is 71.7 Å². The van der Waals surface area contributed by atoms with Crippen molar-refractivity contribution >= 4 is 6.09 Å². The molecular weight excluding hydrogens is 402 g/mol. The molecule has 1 saturated carbocycles. The molecule has 1 aromatic carbocycles. The lowest BCUT2D eigenvalue weighted by atomic mass is 9.83. The summed E-state index contributed by atoms with van der Waals surface area (Å²) in [7, 11) is 0. The van der Waals surface area contributed by atoms with Crippen LogP contribution in [0.5, 0.6) is 0 Å². The number of aliphatic hydroxyl groups excluding tert-OH is 1. The van der Waals surface area contributed by atoms with Gasteiger partial charge in [-0.2, -0.15) is 0 Å². The Morgan fingerprint density at radius 1 is 1.09 bits per heavy atom. The number of carbonyl (C=O) groups is 1. The van der Waals surface area contributed by atoms with Crippen molar-refractivity contribution in [2.24, 2.45) is 5.41 Å². The van der Waals surface area contributed by atoms with Crippen LogP contribution >= 0.6 is 0 Å². The fraction of sp³-hybridized carbons (Fsp3) is 0.538.